The summed E-state index contributed by atoms with van der Waals surface area (Å²) < 4.78 is 0. The molecule has 5 nitrogen and oxygen atoms in total. The van der Waals surface area contributed by atoms with Crippen LogP contribution < -0.4 is 5.32 Å². The SMILES string of the molecule is CCNC(=O)[C@H](C)Sc1nnc(-c2ccc(C)cc2)c(-c2ccc(C)cc2)n1. The zero-order valence-corrected chi connectivity index (χ0v) is 17.4. The van der Waals surface area contributed by atoms with Crippen molar-refractivity contribution in [3.05, 3.63) is 59.7 Å². The summed E-state index contributed by atoms with van der Waals surface area (Å²) in [7, 11) is 0. The molecule has 0 saturated heterocycles. The Kier molecular flexibility index (Phi) is 6.41. The highest BCUT2D eigenvalue weighted by molar-refractivity contribution is 8.00. The molecule has 0 fully saturated rings. The number of hydrogen-bond acceptors (Lipinski definition) is 5. The highest BCUT2D eigenvalue weighted by Crippen LogP contribution is 2.31. The zero-order valence-electron chi connectivity index (χ0n) is 16.6. The summed E-state index contributed by atoms with van der Waals surface area (Å²) in [5.41, 5.74) is 5.81. The molecule has 0 aliphatic heterocycles. The van der Waals surface area contributed by atoms with E-state index >= 15 is 0 Å². The molecule has 0 unspecified atom stereocenters. The first-order valence-electron chi connectivity index (χ1n) is 9.31. The fourth-order valence-corrected chi connectivity index (χ4v) is 3.45. The predicted octanol–water partition coefficient (Wildman–Crippen LogP) is 4.44. The van der Waals surface area contributed by atoms with Gasteiger partial charge in [-0.2, -0.15) is 0 Å². The molecule has 1 aromatic heterocycles. The third-order valence-electron chi connectivity index (χ3n) is 4.32. The Morgan fingerprint density at radius 3 is 2.00 bits per heavy atom. The van der Waals surface area contributed by atoms with Crippen LogP contribution in [-0.2, 0) is 4.79 Å². The van der Waals surface area contributed by atoms with Crippen molar-refractivity contribution >= 4 is 17.7 Å². The molecule has 3 aromatic rings. The molecule has 0 aliphatic rings. The average molecular weight is 393 g/mol. The Bertz CT molecular complexity index is 955. The van der Waals surface area contributed by atoms with Crippen LogP contribution >= 0.6 is 11.8 Å². The topological polar surface area (TPSA) is 67.8 Å². The lowest BCUT2D eigenvalue weighted by molar-refractivity contribution is -0.120. The van der Waals surface area contributed by atoms with Crippen LogP contribution in [0.4, 0.5) is 0 Å². The summed E-state index contributed by atoms with van der Waals surface area (Å²) in [6.07, 6.45) is 0. The van der Waals surface area contributed by atoms with E-state index in [4.69, 9.17) is 4.98 Å². The van der Waals surface area contributed by atoms with Gasteiger partial charge in [-0.05, 0) is 27.7 Å². The maximum atomic E-state index is 12.1. The molecule has 0 saturated carbocycles. The normalized spacial score (nSPS) is 11.9. The fourth-order valence-electron chi connectivity index (χ4n) is 2.71. The van der Waals surface area contributed by atoms with Crippen molar-refractivity contribution < 1.29 is 4.79 Å². The summed E-state index contributed by atoms with van der Waals surface area (Å²) in [5, 5.41) is 11.8. The first kappa shape index (κ1) is 20.0. The van der Waals surface area contributed by atoms with Crippen LogP contribution in [-0.4, -0.2) is 32.9 Å². The van der Waals surface area contributed by atoms with E-state index < -0.39 is 0 Å². The quantitative estimate of drug-likeness (QED) is 0.628. The standard InChI is InChI=1S/C22H24N4OS/c1-5-23-21(27)16(4)28-22-24-19(17-10-6-14(2)7-11-17)20(25-26-22)18-12-8-15(3)9-13-18/h6-13,16H,5H2,1-4H3,(H,23,27)/t16-/m0/s1. The Labute approximate surface area is 170 Å². The van der Waals surface area contributed by atoms with E-state index in [1.165, 1.54) is 22.9 Å². The molecule has 1 atom stereocenters. The predicted molar refractivity (Wildman–Crippen MR) is 114 cm³/mol. The number of carbonyl (C=O) groups excluding carboxylic acids is 1. The first-order chi connectivity index (χ1) is 13.5. The van der Waals surface area contributed by atoms with Gasteiger partial charge in [0.15, 0.2) is 0 Å². The number of hydrogen-bond donors (Lipinski definition) is 1. The van der Waals surface area contributed by atoms with Gasteiger partial charge in [0.05, 0.1) is 5.25 Å². The summed E-state index contributed by atoms with van der Waals surface area (Å²) in [4.78, 5) is 16.8. The van der Waals surface area contributed by atoms with Gasteiger partial charge in [0, 0.05) is 17.7 Å². The van der Waals surface area contributed by atoms with Gasteiger partial charge in [0.2, 0.25) is 11.1 Å². The average Bonchev–Trinajstić information content (AvgIpc) is 2.69. The van der Waals surface area contributed by atoms with Crippen LogP contribution in [0.3, 0.4) is 0 Å². The molecule has 28 heavy (non-hydrogen) atoms. The van der Waals surface area contributed by atoms with Crippen molar-refractivity contribution in [3.63, 3.8) is 0 Å². The third kappa shape index (κ3) is 4.75. The molecule has 1 heterocycles. The van der Waals surface area contributed by atoms with Crippen molar-refractivity contribution in [2.24, 2.45) is 0 Å². The molecule has 3 rings (SSSR count). The maximum absolute atomic E-state index is 12.1. The minimum Gasteiger partial charge on any atom is -0.355 e. The van der Waals surface area contributed by atoms with Gasteiger partial charge in [-0.3, -0.25) is 4.79 Å². The zero-order chi connectivity index (χ0) is 20.1. The van der Waals surface area contributed by atoms with E-state index in [1.807, 2.05) is 38.1 Å². The number of carbonyl (C=O) groups is 1. The molecule has 1 N–H and O–H groups in total. The first-order valence-corrected chi connectivity index (χ1v) is 10.2. The van der Waals surface area contributed by atoms with E-state index in [9.17, 15) is 4.79 Å². The van der Waals surface area contributed by atoms with Crippen LogP contribution in [0.5, 0.6) is 0 Å². The van der Waals surface area contributed by atoms with Gasteiger partial charge in [-0.1, -0.05) is 71.4 Å². The van der Waals surface area contributed by atoms with E-state index in [2.05, 4.69) is 53.6 Å². The second kappa shape index (κ2) is 8.97. The number of amides is 1. The number of aryl methyl sites for hydroxylation is 2. The van der Waals surface area contributed by atoms with Gasteiger partial charge < -0.3 is 5.32 Å². The number of thioether (sulfide) groups is 1. The summed E-state index contributed by atoms with van der Waals surface area (Å²) >= 11 is 1.31. The molecule has 6 heteroatoms. The molecule has 0 spiro atoms. The van der Waals surface area contributed by atoms with E-state index in [1.54, 1.807) is 0 Å². The second-order valence-electron chi connectivity index (χ2n) is 6.68. The lowest BCUT2D eigenvalue weighted by atomic mass is 10.0. The highest BCUT2D eigenvalue weighted by atomic mass is 32.2. The molecular formula is C22H24N4OS. The van der Waals surface area contributed by atoms with E-state index in [0.29, 0.717) is 11.7 Å². The lowest BCUT2D eigenvalue weighted by Gasteiger charge is -2.12. The van der Waals surface area contributed by atoms with Gasteiger partial charge in [-0.25, -0.2) is 4.98 Å². The Morgan fingerprint density at radius 1 is 0.929 bits per heavy atom. The highest BCUT2D eigenvalue weighted by Gasteiger charge is 2.18. The van der Waals surface area contributed by atoms with Crippen molar-refractivity contribution in [1.82, 2.24) is 20.5 Å². The number of nitrogens with zero attached hydrogens (tertiary/aromatic N) is 3. The summed E-state index contributed by atoms with van der Waals surface area (Å²) in [6.45, 7) is 8.46. The van der Waals surface area contributed by atoms with Gasteiger partial charge in [0.25, 0.3) is 0 Å². The molecule has 144 valence electrons. The van der Waals surface area contributed by atoms with Gasteiger partial charge in [-0.15, -0.1) is 10.2 Å². The second-order valence-corrected chi connectivity index (χ2v) is 7.99. The largest absolute Gasteiger partial charge is 0.355 e. The summed E-state index contributed by atoms with van der Waals surface area (Å²) in [6, 6.07) is 16.4. The molecular weight excluding hydrogens is 368 g/mol. The minimum absolute atomic E-state index is 0.0319. The number of rotatable bonds is 6. The van der Waals surface area contributed by atoms with Crippen LogP contribution in [0.25, 0.3) is 22.5 Å². The summed E-state index contributed by atoms with van der Waals surface area (Å²) in [5.74, 6) is -0.0319. The third-order valence-corrected chi connectivity index (χ3v) is 5.27. The van der Waals surface area contributed by atoms with Gasteiger partial charge >= 0.3 is 0 Å². The number of benzene rings is 2. The van der Waals surface area contributed by atoms with Crippen LogP contribution in [0.1, 0.15) is 25.0 Å². The number of nitrogens with one attached hydrogen (secondary N) is 1. The monoisotopic (exact) mass is 392 g/mol. The molecule has 0 bridgehead atoms. The molecule has 0 radical (unpaired) electrons. The van der Waals surface area contributed by atoms with Crippen molar-refractivity contribution in [2.45, 2.75) is 38.1 Å². The van der Waals surface area contributed by atoms with Crippen molar-refractivity contribution in [2.75, 3.05) is 6.54 Å². The fraction of sp³-hybridized carbons (Fsp3) is 0.273. The maximum Gasteiger partial charge on any atom is 0.233 e. The Hall–Kier alpha value is -2.73. The Morgan fingerprint density at radius 2 is 1.46 bits per heavy atom. The van der Waals surface area contributed by atoms with Crippen LogP contribution in [0.2, 0.25) is 0 Å². The van der Waals surface area contributed by atoms with Gasteiger partial charge in [0.1, 0.15) is 11.4 Å². The Balaban J connectivity index is 2.02. The van der Waals surface area contributed by atoms with Crippen LogP contribution in [0.15, 0.2) is 53.7 Å². The number of aromatic nitrogens is 3. The molecule has 2 aromatic carbocycles. The lowest BCUT2D eigenvalue weighted by Crippen LogP contribution is -2.30. The van der Waals surface area contributed by atoms with Crippen molar-refractivity contribution in [1.29, 1.82) is 0 Å². The van der Waals surface area contributed by atoms with E-state index in [-0.39, 0.29) is 11.2 Å². The van der Waals surface area contributed by atoms with E-state index in [0.717, 1.165) is 22.5 Å². The molecule has 0 aliphatic carbocycles. The van der Waals surface area contributed by atoms with Crippen LogP contribution in [0, 0.1) is 13.8 Å². The van der Waals surface area contributed by atoms with Crippen molar-refractivity contribution in [3.8, 4) is 22.5 Å². The smallest absolute Gasteiger partial charge is 0.233 e. The molecule has 1 amide bonds. The minimum atomic E-state index is -0.294.